The van der Waals surface area contributed by atoms with Crippen LogP contribution in [0.25, 0.3) is 0 Å². The molecule has 0 aliphatic heterocycles. The minimum absolute atomic E-state index is 0.0277. The lowest BCUT2D eigenvalue weighted by Gasteiger charge is -2.17. The Morgan fingerprint density at radius 2 is 1.85 bits per heavy atom. The molecule has 0 saturated heterocycles. The second kappa shape index (κ2) is 6.62. The molecule has 1 atom stereocenters. The molecule has 4 nitrogen and oxygen atoms in total. The summed E-state index contributed by atoms with van der Waals surface area (Å²) in [5.74, 6) is -0.0460. The van der Waals surface area contributed by atoms with Crippen molar-refractivity contribution in [2.45, 2.75) is 38.7 Å². The van der Waals surface area contributed by atoms with Crippen LogP contribution in [-0.2, 0) is 10.0 Å². The summed E-state index contributed by atoms with van der Waals surface area (Å²) in [6, 6.07) is 1.63. The maximum Gasteiger partial charge on any atom is 0.242 e. The van der Waals surface area contributed by atoms with E-state index >= 15 is 0 Å². The first-order valence-electron chi connectivity index (χ1n) is 6.20. The lowest BCUT2D eigenvalue weighted by Crippen LogP contribution is -2.35. The lowest BCUT2D eigenvalue weighted by molar-refractivity contribution is 0.129. The van der Waals surface area contributed by atoms with Crippen LogP contribution >= 0.6 is 23.2 Å². The fraction of sp³-hybridized carbons (Fsp3) is 0.538. The molecule has 0 aliphatic rings. The average molecular weight is 340 g/mol. The van der Waals surface area contributed by atoms with E-state index in [0.717, 1.165) is 0 Å². The zero-order valence-corrected chi connectivity index (χ0v) is 14.2. The van der Waals surface area contributed by atoms with Crippen LogP contribution in [0, 0.1) is 19.8 Å². The molecule has 2 N–H and O–H groups in total. The molecule has 0 spiro atoms. The third kappa shape index (κ3) is 3.86. The SMILES string of the molecule is Cc1cc(Cl)c(C)c(S(=O)(=O)NCC(O)C(C)C)c1Cl. The van der Waals surface area contributed by atoms with Gasteiger partial charge in [-0.25, -0.2) is 13.1 Å². The molecule has 1 aromatic carbocycles. The summed E-state index contributed by atoms with van der Waals surface area (Å²) < 4.78 is 27.1. The normalized spacial score (nSPS) is 13.8. The molecule has 1 unspecified atom stereocenters. The Labute approximate surface area is 130 Å². The van der Waals surface area contributed by atoms with Gasteiger partial charge in [0.2, 0.25) is 10.0 Å². The standard InChI is InChI=1S/C13H19Cl2NO3S/c1-7(2)11(17)6-16-20(18,19)13-9(4)10(14)5-8(3)12(13)15/h5,7,11,16-17H,6H2,1-4H3. The van der Waals surface area contributed by atoms with Crippen LogP contribution < -0.4 is 4.72 Å². The van der Waals surface area contributed by atoms with Gasteiger partial charge in [0.25, 0.3) is 0 Å². The minimum Gasteiger partial charge on any atom is -0.391 e. The van der Waals surface area contributed by atoms with Crippen LogP contribution in [0.4, 0.5) is 0 Å². The fourth-order valence-electron chi connectivity index (χ4n) is 1.64. The summed E-state index contributed by atoms with van der Waals surface area (Å²) in [5.41, 5.74) is 0.987. The number of aryl methyl sites for hydroxylation is 1. The van der Waals surface area contributed by atoms with Crippen molar-refractivity contribution in [1.82, 2.24) is 4.72 Å². The van der Waals surface area contributed by atoms with Crippen molar-refractivity contribution in [3.05, 3.63) is 27.2 Å². The summed E-state index contributed by atoms with van der Waals surface area (Å²) in [7, 11) is -3.82. The van der Waals surface area contributed by atoms with Crippen LogP contribution in [0.3, 0.4) is 0 Å². The highest BCUT2D eigenvalue weighted by Gasteiger charge is 2.24. The predicted octanol–water partition coefficient (Wildman–Crippen LogP) is 2.91. The summed E-state index contributed by atoms with van der Waals surface area (Å²) in [5, 5.41) is 10.2. The van der Waals surface area contributed by atoms with Crippen LogP contribution in [-0.4, -0.2) is 26.2 Å². The first kappa shape index (κ1) is 17.7. The molecule has 7 heteroatoms. The van der Waals surface area contributed by atoms with Gasteiger partial charge < -0.3 is 5.11 Å². The fourth-order valence-corrected chi connectivity index (χ4v) is 3.90. The molecule has 0 radical (unpaired) electrons. The van der Waals surface area contributed by atoms with E-state index in [1.807, 2.05) is 0 Å². The molecule has 0 heterocycles. The summed E-state index contributed by atoms with van der Waals surface area (Å²) in [6.07, 6.45) is -0.760. The highest BCUT2D eigenvalue weighted by atomic mass is 35.5. The van der Waals surface area contributed by atoms with E-state index in [2.05, 4.69) is 4.72 Å². The van der Waals surface area contributed by atoms with Gasteiger partial charge in [-0.05, 0) is 37.0 Å². The number of aliphatic hydroxyl groups excluding tert-OH is 1. The molecule has 1 rings (SSSR count). The number of aliphatic hydroxyl groups is 1. The molecular formula is C13H19Cl2NO3S. The number of nitrogens with one attached hydrogen (secondary N) is 1. The van der Waals surface area contributed by atoms with E-state index in [4.69, 9.17) is 23.2 Å². The number of benzene rings is 1. The zero-order chi connectivity index (χ0) is 15.7. The number of hydrogen-bond donors (Lipinski definition) is 2. The summed E-state index contributed by atoms with van der Waals surface area (Å²) in [6.45, 7) is 6.83. The molecule has 20 heavy (non-hydrogen) atoms. The molecule has 0 aliphatic carbocycles. The highest BCUT2D eigenvalue weighted by Crippen LogP contribution is 2.33. The van der Waals surface area contributed by atoms with E-state index < -0.39 is 16.1 Å². The lowest BCUT2D eigenvalue weighted by atomic mass is 10.1. The van der Waals surface area contributed by atoms with Gasteiger partial charge in [-0.2, -0.15) is 0 Å². The minimum atomic E-state index is -3.82. The Kier molecular flexibility index (Phi) is 5.87. The van der Waals surface area contributed by atoms with E-state index in [1.54, 1.807) is 33.8 Å². The topological polar surface area (TPSA) is 66.4 Å². The van der Waals surface area contributed by atoms with Gasteiger partial charge >= 0.3 is 0 Å². The third-order valence-corrected chi connectivity index (χ3v) is 5.69. The molecule has 114 valence electrons. The van der Waals surface area contributed by atoms with E-state index in [1.165, 1.54) is 0 Å². The van der Waals surface area contributed by atoms with Gasteiger partial charge in [-0.1, -0.05) is 37.0 Å². The van der Waals surface area contributed by atoms with Crippen LogP contribution in [0.2, 0.25) is 10.0 Å². The van der Waals surface area contributed by atoms with Gasteiger partial charge in [0.15, 0.2) is 0 Å². The Balaban J connectivity index is 3.17. The maximum atomic E-state index is 12.3. The van der Waals surface area contributed by atoms with Crippen LogP contribution in [0.15, 0.2) is 11.0 Å². The molecule has 1 aromatic rings. The molecule has 0 amide bonds. The van der Waals surface area contributed by atoms with E-state index in [0.29, 0.717) is 16.1 Å². The average Bonchev–Trinajstić information content (AvgIpc) is 2.33. The first-order chi connectivity index (χ1) is 9.08. The molecule has 0 fully saturated rings. The smallest absolute Gasteiger partial charge is 0.242 e. The van der Waals surface area contributed by atoms with Crippen molar-refractivity contribution in [1.29, 1.82) is 0 Å². The molecule has 0 aromatic heterocycles. The molecule has 0 saturated carbocycles. The number of hydrogen-bond acceptors (Lipinski definition) is 3. The number of rotatable bonds is 5. The van der Waals surface area contributed by atoms with Crippen molar-refractivity contribution < 1.29 is 13.5 Å². The van der Waals surface area contributed by atoms with Crippen molar-refractivity contribution in [2.24, 2.45) is 5.92 Å². The van der Waals surface area contributed by atoms with Crippen molar-refractivity contribution in [3.63, 3.8) is 0 Å². The van der Waals surface area contributed by atoms with Crippen LogP contribution in [0.5, 0.6) is 0 Å². The van der Waals surface area contributed by atoms with Crippen molar-refractivity contribution in [3.8, 4) is 0 Å². The van der Waals surface area contributed by atoms with Crippen molar-refractivity contribution in [2.75, 3.05) is 6.54 Å². The van der Waals surface area contributed by atoms with E-state index in [9.17, 15) is 13.5 Å². The van der Waals surface area contributed by atoms with Gasteiger partial charge in [0.1, 0.15) is 4.90 Å². The highest BCUT2D eigenvalue weighted by molar-refractivity contribution is 7.89. The molecule has 0 bridgehead atoms. The van der Waals surface area contributed by atoms with Gasteiger partial charge in [-0.3, -0.25) is 0 Å². The first-order valence-corrected chi connectivity index (χ1v) is 8.44. The second-order valence-electron chi connectivity index (χ2n) is 5.11. The summed E-state index contributed by atoms with van der Waals surface area (Å²) in [4.78, 5) is -0.0277. The molecular weight excluding hydrogens is 321 g/mol. The van der Waals surface area contributed by atoms with E-state index in [-0.39, 0.29) is 22.4 Å². The monoisotopic (exact) mass is 339 g/mol. The van der Waals surface area contributed by atoms with Gasteiger partial charge in [0, 0.05) is 11.6 Å². The maximum absolute atomic E-state index is 12.3. The second-order valence-corrected chi connectivity index (χ2v) is 7.60. The Morgan fingerprint density at radius 3 is 2.35 bits per heavy atom. The summed E-state index contributed by atoms with van der Waals surface area (Å²) >= 11 is 12.1. The Bertz CT molecular complexity index is 574. The number of sulfonamides is 1. The van der Waals surface area contributed by atoms with Gasteiger partial charge in [0.05, 0.1) is 11.1 Å². The third-order valence-electron chi connectivity index (χ3n) is 3.11. The van der Waals surface area contributed by atoms with Crippen molar-refractivity contribution >= 4 is 33.2 Å². The van der Waals surface area contributed by atoms with Gasteiger partial charge in [-0.15, -0.1) is 0 Å². The number of halogens is 2. The Morgan fingerprint density at radius 1 is 1.30 bits per heavy atom. The predicted molar refractivity (Wildman–Crippen MR) is 82.0 cm³/mol. The van der Waals surface area contributed by atoms with Crippen LogP contribution in [0.1, 0.15) is 25.0 Å². The largest absolute Gasteiger partial charge is 0.391 e. The quantitative estimate of drug-likeness (QED) is 0.866. The Hall–Kier alpha value is -0.330. The zero-order valence-electron chi connectivity index (χ0n) is 11.9.